The van der Waals surface area contributed by atoms with Gasteiger partial charge in [0.25, 0.3) is 0 Å². The lowest BCUT2D eigenvalue weighted by atomic mass is 10.0. The quantitative estimate of drug-likeness (QED) is 0.646. The van der Waals surface area contributed by atoms with E-state index in [1.165, 1.54) is 6.20 Å². The van der Waals surface area contributed by atoms with Crippen LogP contribution in [0.15, 0.2) is 18.5 Å². The van der Waals surface area contributed by atoms with Gasteiger partial charge in [-0.25, -0.2) is 0 Å². The van der Waals surface area contributed by atoms with Gasteiger partial charge >= 0.3 is 5.69 Å². The van der Waals surface area contributed by atoms with Gasteiger partial charge in [0.15, 0.2) is 0 Å². The number of hydrogen-bond donors (Lipinski definition) is 1. The summed E-state index contributed by atoms with van der Waals surface area (Å²) in [6, 6.07) is 1.82. The van der Waals surface area contributed by atoms with Gasteiger partial charge in [0.2, 0.25) is 0 Å². The molecule has 0 aromatic carbocycles. The Bertz CT molecular complexity index is 541. The Kier molecular flexibility index (Phi) is 2.45. The molecule has 0 atom stereocenters. The summed E-state index contributed by atoms with van der Waals surface area (Å²) in [5.74, 6) is 0. The Balaban J connectivity index is 2.47. The summed E-state index contributed by atoms with van der Waals surface area (Å²) in [5, 5.41) is 21.7. The van der Waals surface area contributed by atoms with Crippen LogP contribution in [-0.2, 0) is 5.54 Å². The van der Waals surface area contributed by atoms with Crippen molar-refractivity contribution in [2.45, 2.75) is 26.3 Å². The molecule has 2 heterocycles. The average molecular weight is 235 g/mol. The van der Waals surface area contributed by atoms with Crippen molar-refractivity contribution in [3.05, 3.63) is 40.0 Å². The molecule has 1 N–H and O–H groups in total. The van der Waals surface area contributed by atoms with E-state index < -0.39 is 10.5 Å². The van der Waals surface area contributed by atoms with Crippen LogP contribution in [0.2, 0.25) is 0 Å². The van der Waals surface area contributed by atoms with Gasteiger partial charge in [-0.3, -0.25) is 19.9 Å². The molecule has 0 aliphatic rings. The van der Waals surface area contributed by atoms with Crippen molar-refractivity contribution in [3.63, 3.8) is 0 Å². The Hall–Kier alpha value is -2.18. The summed E-state index contributed by atoms with van der Waals surface area (Å²) in [7, 11) is 0. The van der Waals surface area contributed by atoms with Gasteiger partial charge in [0.1, 0.15) is 11.9 Å². The van der Waals surface area contributed by atoms with Gasteiger partial charge in [-0.2, -0.15) is 10.2 Å². The van der Waals surface area contributed by atoms with E-state index in [-0.39, 0.29) is 5.69 Å². The van der Waals surface area contributed by atoms with Crippen molar-refractivity contribution in [1.29, 1.82) is 0 Å². The summed E-state index contributed by atoms with van der Waals surface area (Å²) in [6.45, 7) is 5.45. The first-order valence-electron chi connectivity index (χ1n) is 5.14. The van der Waals surface area contributed by atoms with Crippen molar-refractivity contribution < 1.29 is 4.92 Å². The lowest BCUT2D eigenvalue weighted by molar-refractivity contribution is -0.385. The van der Waals surface area contributed by atoms with Gasteiger partial charge in [0.05, 0.1) is 16.2 Å². The Morgan fingerprint density at radius 2 is 2.24 bits per heavy atom. The highest BCUT2D eigenvalue weighted by molar-refractivity contribution is 5.32. The highest BCUT2D eigenvalue weighted by Gasteiger charge is 2.28. The molecule has 0 aliphatic carbocycles. The molecule has 90 valence electrons. The van der Waals surface area contributed by atoms with E-state index in [9.17, 15) is 10.1 Å². The van der Waals surface area contributed by atoms with Crippen LogP contribution >= 0.6 is 0 Å². The minimum Gasteiger partial charge on any atom is -0.280 e. The number of rotatable bonds is 3. The molecule has 0 unspecified atom stereocenters. The van der Waals surface area contributed by atoms with Crippen LogP contribution < -0.4 is 0 Å². The number of aromatic amines is 1. The second-order valence-electron chi connectivity index (χ2n) is 4.33. The highest BCUT2D eigenvalue weighted by atomic mass is 16.6. The Morgan fingerprint density at radius 3 is 2.71 bits per heavy atom. The third kappa shape index (κ3) is 1.79. The van der Waals surface area contributed by atoms with Gasteiger partial charge < -0.3 is 0 Å². The standard InChI is InChI=1S/C10H13N5O2/c1-7-8(15(16)17)6-14(13-7)10(2,3)9-4-5-11-12-9/h4-6H,1-3H3,(H,11,12). The minimum atomic E-state index is -0.504. The maximum Gasteiger partial charge on any atom is 0.309 e. The van der Waals surface area contributed by atoms with Crippen LogP contribution in [0.4, 0.5) is 5.69 Å². The van der Waals surface area contributed by atoms with E-state index in [4.69, 9.17) is 0 Å². The molecule has 0 saturated heterocycles. The van der Waals surface area contributed by atoms with Crippen LogP contribution in [0, 0.1) is 17.0 Å². The van der Waals surface area contributed by atoms with Crippen LogP contribution in [-0.4, -0.2) is 24.9 Å². The van der Waals surface area contributed by atoms with Crippen LogP contribution in [0.5, 0.6) is 0 Å². The first-order chi connectivity index (χ1) is 7.93. The zero-order valence-electron chi connectivity index (χ0n) is 9.84. The summed E-state index contributed by atoms with van der Waals surface area (Å²) in [6.07, 6.45) is 3.08. The molecule has 0 radical (unpaired) electrons. The smallest absolute Gasteiger partial charge is 0.280 e. The number of nitro groups is 1. The second kappa shape index (κ2) is 3.69. The third-order valence-corrected chi connectivity index (χ3v) is 2.80. The molecule has 17 heavy (non-hydrogen) atoms. The zero-order valence-corrected chi connectivity index (χ0v) is 9.84. The number of H-pyrrole nitrogens is 1. The topological polar surface area (TPSA) is 89.6 Å². The summed E-state index contributed by atoms with van der Waals surface area (Å²) < 4.78 is 1.58. The maximum atomic E-state index is 10.8. The minimum absolute atomic E-state index is 0.0255. The Morgan fingerprint density at radius 1 is 1.53 bits per heavy atom. The van der Waals surface area contributed by atoms with E-state index in [1.807, 2.05) is 19.9 Å². The molecular formula is C10H13N5O2. The van der Waals surface area contributed by atoms with Crippen molar-refractivity contribution in [2.75, 3.05) is 0 Å². The van der Waals surface area contributed by atoms with Crippen molar-refractivity contribution in [3.8, 4) is 0 Å². The average Bonchev–Trinajstić information content (AvgIpc) is 2.84. The normalized spacial score (nSPS) is 11.7. The van der Waals surface area contributed by atoms with E-state index in [1.54, 1.807) is 17.8 Å². The summed E-state index contributed by atoms with van der Waals surface area (Å²) in [4.78, 5) is 10.4. The molecule has 7 heteroatoms. The van der Waals surface area contributed by atoms with Crippen molar-refractivity contribution in [1.82, 2.24) is 20.0 Å². The lowest BCUT2D eigenvalue weighted by Gasteiger charge is -2.23. The summed E-state index contributed by atoms with van der Waals surface area (Å²) in [5.41, 5.74) is 0.769. The fourth-order valence-corrected chi connectivity index (χ4v) is 1.64. The van der Waals surface area contributed by atoms with Gasteiger partial charge in [-0.15, -0.1) is 0 Å². The molecule has 0 spiro atoms. The molecule has 2 aromatic heterocycles. The lowest BCUT2D eigenvalue weighted by Crippen LogP contribution is -2.28. The number of nitrogens with one attached hydrogen (secondary N) is 1. The zero-order chi connectivity index (χ0) is 12.6. The highest BCUT2D eigenvalue weighted by Crippen LogP contribution is 2.26. The van der Waals surface area contributed by atoms with E-state index in [2.05, 4.69) is 15.3 Å². The SMILES string of the molecule is Cc1nn(C(C)(C)c2ccn[nH]2)cc1[N+](=O)[O-]. The monoisotopic (exact) mass is 235 g/mol. The molecule has 7 nitrogen and oxygen atoms in total. The van der Waals surface area contributed by atoms with Crippen LogP contribution in [0.3, 0.4) is 0 Å². The van der Waals surface area contributed by atoms with Gasteiger partial charge in [-0.1, -0.05) is 0 Å². The molecule has 0 fully saturated rings. The molecule has 0 aliphatic heterocycles. The molecule has 0 bridgehead atoms. The first kappa shape index (κ1) is 11.3. The number of aryl methyl sites for hydroxylation is 1. The van der Waals surface area contributed by atoms with E-state index in [0.717, 1.165) is 5.69 Å². The first-order valence-corrected chi connectivity index (χ1v) is 5.14. The van der Waals surface area contributed by atoms with Crippen LogP contribution in [0.25, 0.3) is 0 Å². The molecule has 2 rings (SSSR count). The van der Waals surface area contributed by atoms with Crippen LogP contribution in [0.1, 0.15) is 25.2 Å². The number of hydrogen-bond acceptors (Lipinski definition) is 4. The predicted octanol–water partition coefficient (Wildman–Crippen LogP) is 1.61. The molecule has 0 saturated carbocycles. The predicted molar refractivity (Wildman–Crippen MR) is 60.6 cm³/mol. The second-order valence-corrected chi connectivity index (χ2v) is 4.33. The van der Waals surface area contributed by atoms with Gasteiger partial charge in [0, 0.05) is 6.20 Å². The fourth-order valence-electron chi connectivity index (χ4n) is 1.64. The molecule has 0 amide bonds. The molecule has 2 aromatic rings. The van der Waals surface area contributed by atoms with Crippen molar-refractivity contribution in [2.24, 2.45) is 0 Å². The summed E-state index contributed by atoms with van der Waals surface area (Å²) >= 11 is 0. The maximum absolute atomic E-state index is 10.8. The third-order valence-electron chi connectivity index (χ3n) is 2.80. The van der Waals surface area contributed by atoms with E-state index >= 15 is 0 Å². The van der Waals surface area contributed by atoms with E-state index in [0.29, 0.717) is 5.69 Å². The number of aromatic nitrogens is 4. The fraction of sp³-hybridized carbons (Fsp3) is 0.400. The number of nitrogens with zero attached hydrogens (tertiary/aromatic N) is 4. The van der Waals surface area contributed by atoms with Gasteiger partial charge in [-0.05, 0) is 26.8 Å². The Labute approximate surface area is 97.6 Å². The molecular weight excluding hydrogens is 222 g/mol. The van der Waals surface area contributed by atoms with Crippen molar-refractivity contribution >= 4 is 5.69 Å². The largest absolute Gasteiger partial charge is 0.309 e.